The summed E-state index contributed by atoms with van der Waals surface area (Å²) >= 11 is 0. The molecule has 0 aliphatic heterocycles. The predicted octanol–water partition coefficient (Wildman–Crippen LogP) is 3.39. The van der Waals surface area contributed by atoms with Gasteiger partial charge in [0.25, 0.3) is 0 Å². The third-order valence-corrected chi connectivity index (χ3v) is 4.41. The molecule has 0 amide bonds. The van der Waals surface area contributed by atoms with Crippen LogP contribution in [0.4, 0.5) is 0 Å². The zero-order chi connectivity index (χ0) is 13.5. The third-order valence-electron chi connectivity index (χ3n) is 4.41. The second-order valence-corrected chi connectivity index (χ2v) is 5.75. The lowest BCUT2D eigenvalue weighted by atomic mass is 9.92. The van der Waals surface area contributed by atoms with E-state index in [-0.39, 0.29) is 12.0 Å². The molecule has 0 spiro atoms. The smallest absolute Gasteiger partial charge is 0.308 e. The van der Waals surface area contributed by atoms with Gasteiger partial charge in [0.15, 0.2) is 0 Å². The Morgan fingerprint density at radius 2 is 1.94 bits per heavy atom. The van der Waals surface area contributed by atoms with Gasteiger partial charge in [0.2, 0.25) is 0 Å². The molecular weight excluding hydrogens is 226 g/mol. The van der Waals surface area contributed by atoms with Crippen molar-refractivity contribution in [2.24, 2.45) is 11.8 Å². The van der Waals surface area contributed by atoms with Gasteiger partial charge >= 0.3 is 5.97 Å². The molecule has 3 nitrogen and oxygen atoms in total. The highest BCUT2D eigenvalue weighted by molar-refractivity contribution is 5.70. The van der Waals surface area contributed by atoms with Crippen molar-refractivity contribution in [3.63, 3.8) is 0 Å². The fourth-order valence-corrected chi connectivity index (χ4v) is 3.04. The van der Waals surface area contributed by atoms with Gasteiger partial charge in [-0.3, -0.25) is 9.69 Å². The molecule has 1 fully saturated rings. The second kappa shape index (κ2) is 7.78. The van der Waals surface area contributed by atoms with Crippen molar-refractivity contribution in [3.05, 3.63) is 0 Å². The van der Waals surface area contributed by atoms with E-state index >= 15 is 0 Å². The van der Waals surface area contributed by atoms with Crippen LogP contribution in [0.3, 0.4) is 0 Å². The molecule has 3 heteroatoms. The van der Waals surface area contributed by atoms with Crippen LogP contribution in [-0.2, 0) is 4.79 Å². The van der Waals surface area contributed by atoms with E-state index in [0.29, 0.717) is 5.92 Å². The molecule has 1 saturated carbocycles. The molecular formula is C15H29NO2. The van der Waals surface area contributed by atoms with Crippen molar-refractivity contribution in [1.82, 2.24) is 4.90 Å². The number of nitrogens with zero attached hydrogens (tertiary/aromatic N) is 1. The van der Waals surface area contributed by atoms with E-state index in [9.17, 15) is 9.90 Å². The maximum atomic E-state index is 11.5. The predicted molar refractivity (Wildman–Crippen MR) is 74.7 cm³/mol. The van der Waals surface area contributed by atoms with Crippen LogP contribution >= 0.6 is 0 Å². The molecule has 0 bridgehead atoms. The molecule has 3 atom stereocenters. The lowest BCUT2D eigenvalue weighted by Gasteiger charge is -2.35. The minimum Gasteiger partial charge on any atom is -0.481 e. The normalized spacial score (nSPS) is 26.9. The fraction of sp³-hybridized carbons (Fsp3) is 0.933. The van der Waals surface area contributed by atoms with Crippen LogP contribution < -0.4 is 0 Å². The van der Waals surface area contributed by atoms with E-state index in [2.05, 4.69) is 25.7 Å². The molecule has 0 aromatic rings. The Labute approximate surface area is 112 Å². The van der Waals surface area contributed by atoms with E-state index in [1.807, 2.05) is 0 Å². The van der Waals surface area contributed by atoms with Crippen LogP contribution in [0.25, 0.3) is 0 Å². The molecule has 1 aliphatic carbocycles. The zero-order valence-electron chi connectivity index (χ0n) is 12.2. The van der Waals surface area contributed by atoms with Crippen molar-refractivity contribution in [1.29, 1.82) is 0 Å². The van der Waals surface area contributed by atoms with Gasteiger partial charge in [-0.05, 0) is 25.3 Å². The number of hydrogen-bond donors (Lipinski definition) is 1. The van der Waals surface area contributed by atoms with Crippen LogP contribution in [0.5, 0.6) is 0 Å². The van der Waals surface area contributed by atoms with Crippen molar-refractivity contribution in [3.8, 4) is 0 Å². The highest BCUT2D eigenvalue weighted by Crippen LogP contribution is 2.28. The third kappa shape index (κ3) is 4.27. The van der Waals surface area contributed by atoms with Gasteiger partial charge in [-0.25, -0.2) is 0 Å². The van der Waals surface area contributed by atoms with Crippen LogP contribution in [0.15, 0.2) is 0 Å². The Bertz CT molecular complexity index is 255. The number of aliphatic carboxylic acids is 1. The summed E-state index contributed by atoms with van der Waals surface area (Å²) in [5.41, 5.74) is 0. The summed E-state index contributed by atoms with van der Waals surface area (Å²) in [7, 11) is 0. The average Bonchev–Trinajstić information content (AvgIpc) is 2.61. The first-order valence-corrected chi connectivity index (χ1v) is 7.56. The number of rotatable bonds is 6. The quantitative estimate of drug-likeness (QED) is 0.740. The zero-order valence-corrected chi connectivity index (χ0v) is 12.2. The number of hydrogen-bond acceptors (Lipinski definition) is 2. The van der Waals surface area contributed by atoms with E-state index < -0.39 is 5.97 Å². The van der Waals surface area contributed by atoms with E-state index in [1.165, 1.54) is 19.3 Å². The maximum Gasteiger partial charge on any atom is 0.308 e. The summed E-state index contributed by atoms with van der Waals surface area (Å²) in [5, 5.41) is 9.44. The number of carboxylic acids is 1. The van der Waals surface area contributed by atoms with Gasteiger partial charge in [-0.15, -0.1) is 0 Å². The summed E-state index contributed by atoms with van der Waals surface area (Å²) in [5.74, 6) is -0.0938. The lowest BCUT2D eigenvalue weighted by molar-refractivity contribution is -0.144. The Hall–Kier alpha value is -0.570. The molecule has 0 saturated heterocycles. The minimum atomic E-state index is -0.593. The second-order valence-electron chi connectivity index (χ2n) is 5.75. The molecule has 18 heavy (non-hydrogen) atoms. The highest BCUT2D eigenvalue weighted by atomic mass is 16.4. The van der Waals surface area contributed by atoms with Crippen LogP contribution in [0.2, 0.25) is 0 Å². The van der Waals surface area contributed by atoms with Gasteiger partial charge in [0.1, 0.15) is 0 Å². The van der Waals surface area contributed by atoms with E-state index in [4.69, 9.17) is 0 Å². The number of carbonyl (C=O) groups is 1. The molecule has 1 aliphatic rings. The first kappa shape index (κ1) is 15.5. The van der Waals surface area contributed by atoms with Gasteiger partial charge in [-0.2, -0.15) is 0 Å². The van der Waals surface area contributed by atoms with Gasteiger partial charge in [-0.1, -0.05) is 46.5 Å². The van der Waals surface area contributed by atoms with Gasteiger partial charge in [0.05, 0.1) is 5.92 Å². The minimum absolute atomic E-state index is 0.156. The van der Waals surface area contributed by atoms with E-state index in [0.717, 1.165) is 32.4 Å². The van der Waals surface area contributed by atoms with Crippen LogP contribution in [0.1, 0.15) is 59.3 Å². The Morgan fingerprint density at radius 3 is 2.50 bits per heavy atom. The molecule has 1 rings (SSSR count). The van der Waals surface area contributed by atoms with Crippen molar-refractivity contribution >= 4 is 5.97 Å². The average molecular weight is 255 g/mol. The van der Waals surface area contributed by atoms with Crippen LogP contribution in [0, 0.1) is 11.8 Å². The largest absolute Gasteiger partial charge is 0.481 e. The lowest BCUT2D eigenvalue weighted by Crippen LogP contribution is -2.45. The first-order valence-electron chi connectivity index (χ1n) is 7.56. The SMILES string of the molecule is CCC(C)CN(CC)C1CCCCCC1C(=O)O. The summed E-state index contributed by atoms with van der Waals surface area (Å²) < 4.78 is 0. The molecule has 106 valence electrons. The summed E-state index contributed by atoms with van der Waals surface area (Å²) in [6.45, 7) is 8.64. The highest BCUT2D eigenvalue weighted by Gasteiger charge is 2.33. The standard InChI is InChI=1S/C15H29NO2/c1-4-12(3)11-16(5-2)14-10-8-6-7-9-13(14)15(17)18/h12-14H,4-11H2,1-3H3,(H,17,18). The van der Waals surface area contributed by atoms with Gasteiger partial charge in [0, 0.05) is 12.6 Å². The molecule has 0 heterocycles. The van der Waals surface area contributed by atoms with Crippen molar-refractivity contribution < 1.29 is 9.90 Å². The van der Waals surface area contributed by atoms with Crippen molar-refractivity contribution in [2.45, 2.75) is 65.3 Å². The monoisotopic (exact) mass is 255 g/mol. The Kier molecular flexibility index (Phi) is 6.69. The molecule has 1 N–H and O–H groups in total. The summed E-state index contributed by atoms with van der Waals surface area (Å²) in [4.78, 5) is 13.9. The van der Waals surface area contributed by atoms with E-state index in [1.54, 1.807) is 0 Å². The number of carboxylic acid groups (broad SMARTS) is 1. The molecule has 0 aromatic carbocycles. The fourth-order valence-electron chi connectivity index (χ4n) is 3.04. The van der Waals surface area contributed by atoms with Gasteiger partial charge < -0.3 is 5.11 Å². The Balaban J connectivity index is 2.74. The summed E-state index contributed by atoms with van der Waals surface area (Å²) in [6, 6.07) is 0.254. The summed E-state index contributed by atoms with van der Waals surface area (Å²) in [6.07, 6.45) is 6.54. The molecule has 0 aromatic heterocycles. The Morgan fingerprint density at radius 1 is 1.28 bits per heavy atom. The molecule has 0 radical (unpaired) electrons. The topological polar surface area (TPSA) is 40.5 Å². The maximum absolute atomic E-state index is 11.5. The van der Waals surface area contributed by atoms with Crippen LogP contribution in [-0.4, -0.2) is 35.1 Å². The van der Waals surface area contributed by atoms with Crippen molar-refractivity contribution in [2.75, 3.05) is 13.1 Å². The molecule has 3 unspecified atom stereocenters. The first-order chi connectivity index (χ1) is 8.60.